The third kappa shape index (κ3) is 1.77. The Labute approximate surface area is 108 Å². The molecular weight excluding hydrogens is 226 g/mol. The summed E-state index contributed by atoms with van der Waals surface area (Å²) < 4.78 is 11.4. The van der Waals surface area contributed by atoms with Crippen molar-refractivity contribution in [3.8, 4) is 11.5 Å². The van der Waals surface area contributed by atoms with E-state index >= 15 is 0 Å². The molecule has 2 aliphatic heterocycles. The molecule has 2 aliphatic rings. The van der Waals surface area contributed by atoms with Gasteiger partial charge in [-0.3, -0.25) is 0 Å². The molecule has 18 heavy (non-hydrogen) atoms. The largest absolute Gasteiger partial charge is 0.486 e. The zero-order valence-electron chi connectivity index (χ0n) is 11.4. The monoisotopic (exact) mass is 247 g/mol. The van der Waals surface area contributed by atoms with E-state index < -0.39 is 0 Å². The summed E-state index contributed by atoms with van der Waals surface area (Å²) in [5, 5.41) is 3.63. The summed E-state index contributed by atoms with van der Waals surface area (Å²) in [4.78, 5) is 0. The molecule has 1 atom stereocenters. The second-order valence-electron chi connectivity index (χ2n) is 5.81. The smallest absolute Gasteiger partial charge is 0.161 e. The normalized spacial score (nSPS) is 24.5. The first-order chi connectivity index (χ1) is 8.62. The van der Waals surface area contributed by atoms with Crippen molar-refractivity contribution in [1.29, 1.82) is 0 Å². The molecule has 0 saturated carbocycles. The Bertz CT molecular complexity index is 468. The van der Waals surface area contributed by atoms with Gasteiger partial charge in [0.15, 0.2) is 11.5 Å². The molecule has 0 spiro atoms. The van der Waals surface area contributed by atoms with Gasteiger partial charge in [-0.15, -0.1) is 0 Å². The van der Waals surface area contributed by atoms with E-state index in [9.17, 15) is 0 Å². The molecular formula is C15H21NO2. The average Bonchev–Trinajstić information content (AvgIpc) is 2.37. The minimum Gasteiger partial charge on any atom is -0.486 e. The highest BCUT2D eigenvalue weighted by Gasteiger charge is 2.33. The van der Waals surface area contributed by atoms with Gasteiger partial charge in [-0.05, 0) is 29.7 Å². The van der Waals surface area contributed by atoms with Crippen LogP contribution in [0.5, 0.6) is 11.5 Å². The molecule has 3 rings (SSSR count). The third-order valence-electron chi connectivity index (χ3n) is 4.02. The van der Waals surface area contributed by atoms with E-state index in [1.165, 1.54) is 11.1 Å². The first-order valence-corrected chi connectivity index (χ1v) is 6.79. The second-order valence-corrected chi connectivity index (χ2v) is 5.81. The maximum absolute atomic E-state index is 5.71. The first-order valence-electron chi connectivity index (χ1n) is 6.79. The molecule has 0 saturated heterocycles. The van der Waals surface area contributed by atoms with Gasteiger partial charge in [0, 0.05) is 18.0 Å². The van der Waals surface area contributed by atoms with Crippen molar-refractivity contribution < 1.29 is 9.47 Å². The van der Waals surface area contributed by atoms with Crippen molar-refractivity contribution in [3.05, 3.63) is 23.3 Å². The van der Waals surface area contributed by atoms with E-state index in [1.54, 1.807) is 0 Å². The highest BCUT2D eigenvalue weighted by atomic mass is 16.6. The summed E-state index contributed by atoms with van der Waals surface area (Å²) in [5.41, 5.74) is 2.92. The number of nitrogens with one attached hydrogen (secondary N) is 1. The van der Waals surface area contributed by atoms with Crippen LogP contribution in [0.1, 0.15) is 44.4 Å². The number of hydrogen-bond donors (Lipinski definition) is 1. The van der Waals surface area contributed by atoms with Gasteiger partial charge in [-0.25, -0.2) is 0 Å². The maximum atomic E-state index is 5.71. The SMILES string of the molecule is CCC1NCC(C)(C)c2cc3c(cc21)OCCO3. The third-order valence-corrected chi connectivity index (χ3v) is 4.02. The van der Waals surface area contributed by atoms with Crippen molar-refractivity contribution in [1.82, 2.24) is 5.32 Å². The fourth-order valence-corrected chi connectivity index (χ4v) is 2.93. The van der Waals surface area contributed by atoms with Gasteiger partial charge in [-0.2, -0.15) is 0 Å². The molecule has 1 N–H and O–H groups in total. The van der Waals surface area contributed by atoms with Crippen molar-refractivity contribution in [2.45, 2.75) is 38.6 Å². The van der Waals surface area contributed by atoms with Crippen LogP contribution in [0.2, 0.25) is 0 Å². The summed E-state index contributed by atoms with van der Waals surface area (Å²) in [6.45, 7) is 9.09. The molecule has 0 bridgehead atoms. The van der Waals surface area contributed by atoms with E-state index in [2.05, 4.69) is 38.2 Å². The standard InChI is InChI=1S/C15H21NO2/c1-4-12-10-7-13-14(18-6-5-17-13)8-11(10)15(2,3)9-16-12/h7-8,12,16H,4-6,9H2,1-3H3. The van der Waals surface area contributed by atoms with Gasteiger partial charge in [0.1, 0.15) is 13.2 Å². The Morgan fingerprint density at radius 2 is 1.89 bits per heavy atom. The maximum Gasteiger partial charge on any atom is 0.161 e. The van der Waals surface area contributed by atoms with Crippen molar-refractivity contribution in [2.75, 3.05) is 19.8 Å². The van der Waals surface area contributed by atoms with Crippen LogP contribution in [0.3, 0.4) is 0 Å². The van der Waals surface area contributed by atoms with Gasteiger partial charge in [0.2, 0.25) is 0 Å². The molecule has 0 aromatic heterocycles. The molecule has 2 heterocycles. The highest BCUT2D eigenvalue weighted by Crippen LogP contribution is 2.42. The van der Waals surface area contributed by atoms with E-state index in [-0.39, 0.29) is 5.41 Å². The number of rotatable bonds is 1. The highest BCUT2D eigenvalue weighted by molar-refractivity contribution is 5.52. The van der Waals surface area contributed by atoms with Gasteiger partial charge in [-0.1, -0.05) is 20.8 Å². The van der Waals surface area contributed by atoms with Gasteiger partial charge < -0.3 is 14.8 Å². The molecule has 0 fully saturated rings. The second kappa shape index (κ2) is 4.16. The zero-order chi connectivity index (χ0) is 12.8. The summed E-state index contributed by atoms with van der Waals surface area (Å²) in [7, 11) is 0. The topological polar surface area (TPSA) is 30.5 Å². The van der Waals surface area contributed by atoms with Crippen LogP contribution in [0.15, 0.2) is 12.1 Å². The van der Waals surface area contributed by atoms with Crippen LogP contribution in [0.4, 0.5) is 0 Å². The van der Waals surface area contributed by atoms with Gasteiger partial charge in [0.05, 0.1) is 0 Å². The molecule has 0 aliphatic carbocycles. The Hall–Kier alpha value is -1.22. The average molecular weight is 247 g/mol. The molecule has 1 unspecified atom stereocenters. The van der Waals surface area contributed by atoms with E-state index in [0.29, 0.717) is 19.3 Å². The molecule has 1 aromatic rings. The summed E-state index contributed by atoms with van der Waals surface area (Å²) >= 11 is 0. The van der Waals surface area contributed by atoms with Crippen LogP contribution >= 0.6 is 0 Å². The van der Waals surface area contributed by atoms with Gasteiger partial charge in [0.25, 0.3) is 0 Å². The van der Waals surface area contributed by atoms with Crippen LogP contribution in [-0.4, -0.2) is 19.8 Å². The fraction of sp³-hybridized carbons (Fsp3) is 0.600. The van der Waals surface area contributed by atoms with Crippen molar-refractivity contribution >= 4 is 0 Å². The van der Waals surface area contributed by atoms with E-state index in [4.69, 9.17) is 9.47 Å². The lowest BCUT2D eigenvalue weighted by Gasteiger charge is -2.38. The summed E-state index contributed by atoms with van der Waals surface area (Å²) in [6.07, 6.45) is 1.10. The molecule has 0 radical (unpaired) electrons. The van der Waals surface area contributed by atoms with E-state index in [1.807, 2.05) is 0 Å². The van der Waals surface area contributed by atoms with E-state index in [0.717, 1.165) is 24.5 Å². The lowest BCUT2D eigenvalue weighted by Crippen LogP contribution is -2.41. The Morgan fingerprint density at radius 1 is 1.22 bits per heavy atom. The molecule has 3 nitrogen and oxygen atoms in total. The molecule has 0 amide bonds. The van der Waals surface area contributed by atoms with Crippen LogP contribution in [-0.2, 0) is 5.41 Å². The van der Waals surface area contributed by atoms with Crippen LogP contribution < -0.4 is 14.8 Å². The Kier molecular flexibility index (Phi) is 2.74. The zero-order valence-corrected chi connectivity index (χ0v) is 11.4. The molecule has 3 heteroatoms. The minimum absolute atomic E-state index is 0.150. The lowest BCUT2D eigenvalue weighted by molar-refractivity contribution is 0.170. The fourth-order valence-electron chi connectivity index (χ4n) is 2.93. The number of fused-ring (bicyclic) bond motifs is 2. The van der Waals surface area contributed by atoms with Crippen LogP contribution in [0, 0.1) is 0 Å². The predicted molar refractivity (Wildman–Crippen MR) is 71.5 cm³/mol. The first kappa shape index (κ1) is 11.8. The number of hydrogen-bond acceptors (Lipinski definition) is 3. The molecule has 98 valence electrons. The number of benzene rings is 1. The Balaban J connectivity index is 2.14. The van der Waals surface area contributed by atoms with Gasteiger partial charge >= 0.3 is 0 Å². The van der Waals surface area contributed by atoms with Crippen molar-refractivity contribution in [2.24, 2.45) is 0 Å². The quantitative estimate of drug-likeness (QED) is 0.827. The van der Waals surface area contributed by atoms with Crippen molar-refractivity contribution in [3.63, 3.8) is 0 Å². The Morgan fingerprint density at radius 3 is 2.56 bits per heavy atom. The number of ether oxygens (including phenoxy) is 2. The lowest BCUT2D eigenvalue weighted by atomic mass is 9.76. The summed E-state index contributed by atoms with van der Waals surface area (Å²) in [6, 6.07) is 4.79. The summed E-state index contributed by atoms with van der Waals surface area (Å²) in [5.74, 6) is 1.81. The minimum atomic E-state index is 0.150. The van der Waals surface area contributed by atoms with Crippen LogP contribution in [0.25, 0.3) is 0 Å². The molecule has 1 aromatic carbocycles. The predicted octanol–water partition coefficient (Wildman–Crippen LogP) is 2.79.